The smallest absolute Gasteiger partial charge is 0.141 e. The van der Waals surface area contributed by atoms with Gasteiger partial charge in [-0.25, -0.2) is 4.39 Å². The summed E-state index contributed by atoms with van der Waals surface area (Å²) in [4.78, 5) is 0. The van der Waals surface area contributed by atoms with E-state index in [1.54, 1.807) is 0 Å². The Morgan fingerprint density at radius 3 is 2.60 bits per heavy atom. The number of phenols is 1. The summed E-state index contributed by atoms with van der Waals surface area (Å²) in [6, 6.07) is 2.01. The maximum atomic E-state index is 13.4. The van der Waals surface area contributed by atoms with Gasteiger partial charge in [-0.15, -0.1) is 0 Å². The van der Waals surface area contributed by atoms with Gasteiger partial charge < -0.3 is 10.8 Å². The topological polar surface area (TPSA) is 46.2 Å². The van der Waals surface area contributed by atoms with Crippen molar-refractivity contribution in [2.75, 3.05) is 0 Å². The van der Waals surface area contributed by atoms with Crippen LogP contribution in [0, 0.1) is 11.7 Å². The van der Waals surface area contributed by atoms with Crippen LogP contribution in [0.4, 0.5) is 4.39 Å². The highest BCUT2D eigenvalue weighted by atomic mass is 35.5. The van der Waals surface area contributed by atoms with Crippen molar-refractivity contribution in [2.24, 2.45) is 11.7 Å². The molecule has 4 heteroatoms. The Bertz CT molecular complexity index is 355. The molecule has 0 fully saturated rings. The van der Waals surface area contributed by atoms with Crippen molar-refractivity contribution in [1.82, 2.24) is 0 Å². The van der Waals surface area contributed by atoms with Crippen LogP contribution >= 0.6 is 11.6 Å². The molecule has 0 saturated heterocycles. The molecule has 0 aliphatic heterocycles. The van der Waals surface area contributed by atoms with Crippen molar-refractivity contribution in [2.45, 2.75) is 26.3 Å². The van der Waals surface area contributed by atoms with E-state index >= 15 is 0 Å². The molecule has 84 valence electrons. The second kappa shape index (κ2) is 4.81. The van der Waals surface area contributed by atoms with Crippen LogP contribution in [0.1, 0.15) is 31.9 Å². The van der Waals surface area contributed by atoms with E-state index in [-0.39, 0.29) is 16.3 Å². The van der Waals surface area contributed by atoms with Crippen LogP contribution in [0.2, 0.25) is 5.02 Å². The first-order valence-corrected chi connectivity index (χ1v) is 5.23. The first-order chi connectivity index (χ1) is 6.93. The second-order valence-corrected chi connectivity index (χ2v) is 4.43. The van der Waals surface area contributed by atoms with E-state index < -0.39 is 11.9 Å². The number of aromatic hydroxyl groups is 1. The van der Waals surface area contributed by atoms with E-state index in [9.17, 15) is 9.50 Å². The fraction of sp³-hybridized carbons (Fsp3) is 0.455. The van der Waals surface area contributed by atoms with Crippen LogP contribution in [-0.2, 0) is 0 Å². The molecule has 0 aliphatic rings. The minimum Gasteiger partial charge on any atom is -0.506 e. The van der Waals surface area contributed by atoms with Gasteiger partial charge in [0.15, 0.2) is 0 Å². The number of hydrogen-bond acceptors (Lipinski definition) is 2. The Labute approximate surface area is 93.9 Å². The second-order valence-electron chi connectivity index (χ2n) is 4.03. The van der Waals surface area contributed by atoms with Crippen LogP contribution < -0.4 is 5.73 Å². The third-order valence-corrected chi connectivity index (χ3v) is 2.52. The summed E-state index contributed by atoms with van der Waals surface area (Å²) in [6.45, 7) is 3.97. The van der Waals surface area contributed by atoms with Gasteiger partial charge in [-0.05, 0) is 24.5 Å². The SMILES string of the molecule is CC(C)C[C@@H](N)c1c(F)ccc(Cl)c1O. The third-order valence-electron chi connectivity index (χ3n) is 2.21. The highest BCUT2D eigenvalue weighted by Crippen LogP contribution is 2.34. The van der Waals surface area contributed by atoms with Gasteiger partial charge in [0.2, 0.25) is 0 Å². The first kappa shape index (κ1) is 12.3. The maximum Gasteiger partial charge on any atom is 0.141 e. The maximum absolute atomic E-state index is 13.4. The summed E-state index contributed by atoms with van der Waals surface area (Å²) < 4.78 is 13.4. The largest absolute Gasteiger partial charge is 0.506 e. The van der Waals surface area contributed by atoms with Crippen LogP contribution in [0.25, 0.3) is 0 Å². The minimum absolute atomic E-state index is 0.108. The molecule has 0 saturated carbocycles. The van der Waals surface area contributed by atoms with E-state index in [4.69, 9.17) is 17.3 Å². The monoisotopic (exact) mass is 231 g/mol. The molecule has 0 aromatic heterocycles. The van der Waals surface area contributed by atoms with Crippen molar-refractivity contribution in [3.63, 3.8) is 0 Å². The van der Waals surface area contributed by atoms with Gasteiger partial charge in [-0.2, -0.15) is 0 Å². The number of nitrogens with two attached hydrogens (primary N) is 1. The molecule has 15 heavy (non-hydrogen) atoms. The lowest BCUT2D eigenvalue weighted by molar-refractivity contribution is 0.430. The zero-order chi connectivity index (χ0) is 11.6. The number of benzene rings is 1. The summed E-state index contributed by atoms with van der Waals surface area (Å²) in [6.07, 6.45) is 0.602. The fourth-order valence-electron chi connectivity index (χ4n) is 1.54. The molecule has 3 N–H and O–H groups in total. The lowest BCUT2D eigenvalue weighted by Gasteiger charge is -2.17. The average Bonchev–Trinajstić information content (AvgIpc) is 2.11. The van der Waals surface area contributed by atoms with Gasteiger partial charge in [0.1, 0.15) is 11.6 Å². The summed E-state index contributed by atoms with van der Waals surface area (Å²) in [5.41, 5.74) is 5.92. The van der Waals surface area contributed by atoms with Crippen molar-refractivity contribution < 1.29 is 9.50 Å². The molecular formula is C11H15ClFNO. The van der Waals surface area contributed by atoms with E-state index in [0.29, 0.717) is 12.3 Å². The molecule has 0 aliphatic carbocycles. The molecule has 2 nitrogen and oxygen atoms in total. The lowest BCUT2D eigenvalue weighted by Crippen LogP contribution is -2.14. The Balaban J connectivity index is 3.07. The number of rotatable bonds is 3. The number of hydrogen-bond donors (Lipinski definition) is 2. The third kappa shape index (κ3) is 2.83. The van der Waals surface area contributed by atoms with Crippen LogP contribution in [0.15, 0.2) is 12.1 Å². The van der Waals surface area contributed by atoms with Gasteiger partial charge in [0.25, 0.3) is 0 Å². The van der Waals surface area contributed by atoms with Gasteiger partial charge in [0, 0.05) is 11.6 Å². The molecular weight excluding hydrogens is 217 g/mol. The number of phenolic OH excluding ortho intramolecular Hbond substituents is 1. The van der Waals surface area contributed by atoms with E-state index in [0.717, 1.165) is 0 Å². The molecule has 0 spiro atoms. The van der Waals surface area contributed by atoms with Crippen molar-refractivity contribution >= 4 is 11.6 Å². The standard InChI is InChI=1S/C11H15ClFNO/c1-6(2)5-9(14)10-8(13)4-3-7(12)11(10)15/h3-4,6,9,15H,5,14H2,1-2H3/t9-/m1/s1. The normalized spacial score (nSPS) is 13.2. The predicted molar refractivity (Wildman–Crippen MR) is 59.5 cm³/mol. The summed E-state index contributed by atoms with van der Waals surface area (Å²) in [5.74, 6) is -0.423. The first-order valence-electron chi connectivity index (χ1n) is 4.86. The van der Waals surface area contributed by atoms with Crippen LogP contribution in [0.3, 0.4) is 0 Å². The Hall–Kier alpha value is -0.800. The molecule has 0 heterocycles. The molecule has 1 rings (SSSR count). The van der Waals surface area contributed by atoms with Crippen molar-refractivity contribution in [3.8, 4) is 5.75 Å². The summed E-state index contributed by atoms with van der Waals surface area (Å²) in [5, 5.41) is 9.74. The lowest BCUT2D eigenvalue weighted by atomic mass is 9.97. The average molecular weight is 232 g/mol. The van der Waals surface area contributed by atoms with E-state index in [2.05, 4.69) is 0 Å². The van der Waals surface area contributed by atoms with Gasteiger partial charge in [0.05, 0.1) is 5.02 Å². The van der Waals surface area contributed by atoms with Gasteiger partial charge in [-0.1, -0.05) is 25.4 Å². The molecule has 0 unspecified atom stereocenters. The Morgan fingerprint density at radius 1 is 1.47 bits per heavy atom. The molecule has 1 aromatic rings. The Morgan fingerprint density at radius 2 is 2.07 bits per heavy atom. The zero-order valence-electron chi connectivity index (χ0n) is 8.80. The number of halogens is 2. The highest BCUT2D eigenvalue weighted by Gasteiger charge is 2.19. The van der Waals surface area contributed by atoms with Gasteiger partial charge in [-0.3, -0.25) is 0 Å². The van der Waals surface area contributed by atoms with Crippen LogP contribution in [0.5, 0.6) is 5.75 Å². The molecule has 0 radical (unpaired) electrons. The molecule has 0 bridgehead atoms. The Kier molecular flexibility index (Phi) is 3.94. The molecule has 1 atom stereocenters. The molecule has 1 aromatic carbocycles. The summed E-state index contributed by atoms with van der Waals surface area (Å²) >= 11 is 5.69. The van der Waals surface area contributed by atoms with Crippen LogP contribution in [-0.4, -0.2) is 5.11 Å². The van der Waals surface area contributed by atoms with E-state index in [1.807, 2.05) is 13.8 Å². The minimum atomic E-state index is -0.524. The predicted octanol–water partition coefficient (Wildman–Crippen LogP) is 3.23. The quantitative estimate of drug-likeness (QED) is 0.839. The molecule has 0 amide bonds. The highest BCUT2D eigenvalue weighted by molar-refractivity contribution is 6.32. The zero-order valence-corrected chi connectivity index (χ0v) is 9.55. The summed E-state index contributed by atoms with van der Waals surface area (Å²) in [7, 11) is 0. The van der Waals surface area contributed by atoms with Crippen molar-refractivity contribution in [3.05, 3.63) is 28.5 Å². The van der Waals surface area contributed by atoms with Crippen molar-refractivity contribution in [1.29, 1.82) is 0 Å². The van der Waals surface area contributed by atoms with Gasteiger partial charge >= 0.3 is 0 Å². The fourth-order valence-corrected chi connectivity index (χ4v) is 1.70. The van der Waals surface area contributed by atoms with E-state index in [1.165, 1.54) is 12.1 Å².